The quantitative estimate of drug-likeness (QED) is 0.212. The van der Waals surface area contributed by atoms with E-state index in [1.165, 1.54) is 6.26 Å². The van der Waals surface area contributed by atoms with Gasteiger partial charge in [0.15, 0.2) is 0 Å². The molecule has 32 heavy (non-hydrogen) atoms. The summed E-state index contributed by atoms with van der Waals surface area (Å²) in [6.45, 7) is 12.6. The molecule has 166 valence electrons. The normalized spacial score (nSPS) is 14.5. The van der Waals surface area contributed by atoms with E-state index >= 15 is 0 Å². The van der Waals surface area contributed by atoms with E-state index in [0.717, 1.165) is 33.7 Å². The fourth-order valence-corrected chi connectivity index (χ4v) is 3.16. The Labute approximate surface area is 189 Å². The van der Waals surface area contributed by atoms with E-state index in [9.17, 15) is 0 Å². The summed E-state index contributed by atoms with van der Waals surface area (Å²) in [4.78, 5) is 4.44. The highest BCUT2D eigenvalue weighted by molar-refractivity contribution is 5.90. The van der Waals surface area contributed by atoms with Crippen molar-refractivity contribution in [1.82, 2.24) is 0 Å². The van der Waals surface area contributed by atoms with Crippen LogP contribution in [0.15, 0.2) is 66.4 Å². The Morgan fingerprint density at radius 1 is 1.16 bits per heavy atom. The standard InChI is InChI=1S/C26H29N3O3/c1-6-8-22(29-7-2)17-9-11-23-19(13-17)21(15-30-25(27)28)20-14-18(10-12-24(20)32-23)31-16-26(3,4)5/h6-15H,1,16H2,2-5H3,(H3,27,28)/b21-15?,22-8-,29-7?. The van der Waals surface area contributed by atoms with Gasteiger partial charge >= 0.3 is 0 Å². The van der Waals surface area contributed by atoms with Crippen molar-refractivity contribution in [2.45, 2.75) is 27.7 Å². The number of nitrogens with zero attached hydrogens (tertiary/aromatic N) is 1. The van der Waals surface area contributed by atoms with Crippen LogP contribution in [0.1, 0.15) is 44.4 Å². The Morgan fingerprint density at radius 3 is 2.47 bits per heavy atom. The van der Waals surface area contributed by atoms with E-state index in [1.54, 1.807) is 12.3 Å². The molecular weight excluding hydrogens is 402 g/mol. The third-order valence-electron chi connectivity index (χ3n) is 4.55. The predicted molar refractivity (Wildman–Crippen MR) is 130 cm³/mol. The molecule has 0 saturated heterocycles. The van der Waals surface area contributed by atoms with Crippen molar-refractivity contribution >= 4 is 23.5 Å². The maximum atomic E-state index is 7.49. The summed E-state index contributed by atoms with van der Waals surface area (Å²) in [5.41, 5.74) is 9.46. The largest absolute Gasteiger partial charge is 0.493 e. The second-order valence-electron chi connectivity index (χ2n) is 8.51. The highest BCUT2D eigenvalue weighted by Crippen LogP contribution is 2.45. The first-order valence-corrected chi connectivity index (χ1v) is 10.3. The summed E-state index contributed by atoms with van der Waals surface area (Å²) in [6, 6.07) is 11.1. The van der Waals surface area contributed by atoms with Crippen molar-refractivity contribution in [2.24, 2.45) is 16.1 Å². The average Bonchev–Trinajstić information content (AvgIpc) is 2.74. The zero-order chi connectivity index (χ0) is 23.3. The molecule has 2 aromatic rings. The minimum Gasteiger partial charge on any atom is -0.493 e. The van der Waals surface area contributed by atoms with Gasteiger partial charge in [-0.25, -0.2) is 0 Å². The molecular formula is C26H29N3O3. The Bertz CT molecular complexity index is 1120. The van der Waals surface area contributed by atoms with Crippen molar-refractivity contribution < 1.29 is 14.2 Å². The summed E-state index contributed by atoms with van der Waals surface area (Å²) in [5, 5.41) is 7.49. The molecule has 0 spiro atoms. The van der Waals surface area contributed by atoms with Gasteiger partial charge in [0.2, 0.25) is 0 Å². The first-order chi connectivity index (χ1) is 15.2. The van der Waals surface area contributed by atoms with Gasteiger partial charge in [0.05, 0.1) is 12.3 Å². The first kappa shape index (κ1) is 22.9. The number of ether oxygens (including phenoxy) is 3. The second-order valence-corrected chi connectivity index (χ2v) is 8.51. The van der Waals surface area contributed by atoms with Gasteiger partial charge in [0.1, 0.15) is 23.5 Å². The molecule has 1 aliphatic rings. The molecule has 6 heteroatoms. The summed E-state index contributed by atoms with van der Waals surface area (Å²) in [6.07, 6.45) is 6.74. The number of nitrogens with one attached hydrogen (secondary N) is 1. The van der Waals surface area contributed by atoms with Crippen LogP contribution in [0, 0.1) is 10.8 Å². The van der Waals surface area contributed by atoms with E-state index < -0.39 is 6.02 Å². The van der Waals surface area contributed by atoms with E-state index in [4.69, 9.17) is 25.4 Å². The minimum absolute atomic E-state index is 0.0258. The molecule has 0 unspecified atom stereocenters. The molecule has 3 N–H and O–H groups in total. The Balaban J connectivity index is 2.10. The number of amidine groups is 1. The van der Waals surface area contributed by atoms with Gasteiger partial charge in [0.25, 0.3) is 6.02 Å². The van der Waals surface area contributed by atoms with Crippen molar-refractivity contribution in [1.29, 1.82) is 5.41 Å². The molecule has 0 bridgehead atoms. The van der Waals surface area contributed by atoms with E-state index in [1.807, 2.05) is 49.4 Å². The van der Waals surface area contributed by atoms with Crippen molar-refractivity contribution in [2.75, 3.05) is 6.61 Å². The van der Waals surface area contributed by atoms with Crippen LogP contribution in [0.25, 0.3) is 11.3 Å². The number of fused-ring (bicyclic) bond motifs is 2. The third-order valence-corrected chi connectivity index (χ3v) is 4.55. The average molecular weight is 432 g/mol. The van der Waals surface area contributed by atoms with Gasteiger partial charge in [-0.1, -0.05) is 33.4 Å². The Kier molecular flexibility index (Phi) is 6.83. The molecule has 2 aromatic carbocycles. The summed E-state index contributed by atoms with van der Waals surface area (Å²) in [7, 11) is 0. The summed E-state index contributed by atoms with van der Waals surface area (Å²) < 4.78 is 17.4. The molecule has 0 atom stereocenters. The molecule has 1 heterocycles. The molecule has 3 rings (SSSR count). The van der Waals surface area contributed by atoms with Crippen molar-refractivity contribution in [3.05, 3.63) is 78.1 Å². The molecule has 0 amide bonds. The zero-order valence-electron chi connectivity index (χ0n) is 18.9. The first-order valence-electron chi connectivity index (χ1n) is 10.3. The molecule has 0 saturated carbocycles. The highest BCUT2D eigenvalue weighted by atomic mass is 16.5. The van der Waals surface area contributed by atoms with Crippen LogP contribution in [0.4, 0.5) is 0 Å². The van der Waals surface area contributed by atoms with E-state index in [0.29, 0.717) is 18.1 Å². The lowest BCUT2D eigenvalue weighted by Crippen LogP contribution is -2.17. The molecule has 0 radical (unpaired) electrons. The topological polar surface area (TPSA) is 89.9 Å². The predicted octanol–water partition coefficient (Wildman–Crippen LogP) is 6.13. The maximum Gasteiger partial charge on any atom is 0.284 e. The maximum absolute atomic E-state index is 7.49. The molecule has 0 aliphatic carbocycles. The fraction of sp³-hybridized carbons (Fsp3) is 0.231. The number of hydrogen-bond acceptors (Lipinski definition) is 5. The van der Waals surface area contributed by atoms with Crippen LogP contribution in [0.5, 0.6) is 17.2 Å². The van der Waals surface area contributed by atoms with Gasteiger partial charge in [-0.3, -0.25) is 10.4 Å². The van der Waals surface area contributed by atoms with Crippen LogP contribution < -0.4 is 15.2 Å². The number of hydrogen-bond donors (Lipinski definition) is 2. The lowest BCUT2D eigenvalue weighted by molar-refractivity contribution is 0.197. The number of aliphatic imine (C=N–C) groups is 1. The van der Waals surface area contributed by atoms with Gasteiger partial charge in [-0.15, -0.1) is 0 Å². The van der Waals surface area contributed by atoms with Gasteiger partial charge in [-0.05, 0) is 54.8 Å². The van der Waals surface area contributed by atoms with Crippen molar-refractivity contribution in [3.8, 4) is 17.2 Å². The van der Waals surface area contributed by atoms with Crippen LogP contribution >= 0.6 is 0 Å². The zero-order valence-corrected chi connectivity index (χ0v) is 18.9. The molecule has 0 fully saturated rings. The van der Waals surface area contributed by atoms with Gasteiger partial charge in [-0.2, -0.15) is 0 Å². The van der Waals surface area contributed by atoms with Crippen LogP contribution in [-0.2, 0) is 4.74 Å². The van der Waals surface area contributed by atoms with E-state index in [-0.39, 0.29) is 5.41 Å². The number of benzene rings is 2. The lowest BCUT2D eigenvalue weighted by Gasteiger charge is -2.25. The molecule has 0 aromatic heterocycles. The van der Waals surface area contributed by atoms with E-state index in [2.05, 4.69) is 32.3 Å². The molecule has 1 aliphatic heterocycles. The number of nitrogens with two attached hydrogens (primary N) is 1. The Hall–Kier alpha value is -3.80. The third kappa shape index (κ3) is 5.46. The Morgan fingerprint density at radius 2 is 1.84 bits per heavy atom. The smallest absolute Gasteiger partial charge is 0.284 e. The van der Waals surface area contributed by atoms with Crippen LogP contribution in [-0.4, -0.2) is 18.8 Å². The SMILES string of the molecule is C=C/C=C(\N=CC)c1ccc2c(c1)C(=COC(=N)N)c1cc(OCC(C)(C)C)ccc1O2. The van der Waals surface area contributed by atoms with Gasteiger partial charge < -0.3 is 19.9 Å². The fourth-order valence-electron chi connectivity index (χ4n) is 3.16. The summed E-state index contributed by atoms with van der Waals surface area (Å²) >= 11 is 0. The monoisotopic (exact) mass is 431 g/mol. The molecule has 6 nitrogen and oxygen atoms in total. The van der Waals surface area contributed by atoms with Gasteiger partial charge in [0, 0.05) is 28.5 Å². The van der Waals surface area contributed by atoms with Crippen LogP contribution in [0.2, 0.25) is 0 Å². The summed E-state index contributed by atoms with van der Waals surface area (Å²) in [5.74, 6) is 2.06. The lowest BCUT2D eigenvalue weighted by atomic mass is 9.92. The second kappa shape index (κ2) is 9.56. The van der Waals surface area contributed by atoms with Crippen molar-refractivity contribution in [3.63, 3.8) is 0 Å². The highest BCUT2D eigenvalue weighted by Gasteiger charge is 2.24. The van der Waals surface area contributed by atoms with Crippen LogP contribution in [0.3, 0.4) is 0 Å². The minimum atomic E-state index is -0.397. The number of rotatable bonds is 6. The number of allylic oxidation sites excluding steroid dienone is 2.